The van der Waals surface area contributed by atoms with Crippen LogP contribution in [0.5, 0.6) is 0 Å². The lowest BCUT2D eigenvalue weighted by Gasteiger charge is -2.28. The van der Waals surface area contributed by atoms with Crippen molar-refractivity contribution in [1.29, 1.82) is 0 Å². The number of rotatable bonds is 2. The summed E-state index contributed by atoms with van der Waals surface area (Å²) < 4.78 is 38.3. The summed E-state index contributed by atoms with van der Waals surface area (Å²) in [5, 5.41) is 6.26. The molecule has 6 rings (SSSR count). The fourth-order valence-electron chi connectivity index (χ4n) is 4.84. The molecule has 0 saturated heterocycles. The molecule has 3 aromatic rings. The van der Waals surface area contributed by atoms with Crippen LogP contribution in [-0.2, 0) is 23.9 Å². The molecule has 2 fully saturated rings. The van der Waals surface area contributed by atoms with E-state index >= 15 is 0 Å². The Morgan fingerprint density at radius 2 is 1.78 bits per heavy atom. The molecular formula is C29H37F3N4O. The molecule has 1 aliphatic heterocycles. The first-order valence-electron chi connectivity index (χ1n) is 13.3. The van der Waals surface area contributed by atoms with Crippen LogP contribution in [0.15, 0.2) is 42.5 Å². The molecule has 2 atom stereocenters. The number of nitrogens with zero attached hydrogens (tertiary/aromatic N) is 1. The number of benzene rings is 2. The van der Waals surface area contributed by atoms with Crippen molar-refractivity contribution in [3.05, 3.63) is 65.0 Å². The van der Waals surface area contributed by atoms with Crippen molar-refractivity contribution in [2.24, 2.45) is 5.92 Å². The van der Waals surface area contributed by atoms with E-state index in [0.29, 0.717) is 16.9 Å². The van der Waals surface area contributed by atoms with Crippen molar-refractivity contribution in [3.8, 4) is 0 Å². The zero-order chi connectivity index (χ0) is 26.4. The molecule has 3 aliphatic rings. The van der Waals surface area contributed by atoms with Crippen molar-refractivity contribution < 1.29 is 18.0 Å². The van der Waals surface area contributed by atoms with Gasteiger partial charge in [0.15, 0.2) is 0 Å². The van der Waals surface area contributed by atoms with Gasteiger partial charge in [-0.1, -0.05) is 50.5 Å². The van der Waals surface area contributed by atoms with Gasteiger partial charge in [-0.25, -0.2) is 4.98 Å². The summed E-state index contributed by atoms with van der Waals surface area (Å²) in [6.45, 7) is 5.96. The standard InChI is InChI=1S/C16H18F3N3O.C9H11N.C4H8/c1-9(23)20-12-4-2-3-10(7-12)15-21-13-6-5-11(16(17,18)19)8-14(13)22-15;1-2-4-9-7-10-6-5-8(9)3-1;1-4-2-3-4/h5-6,8,10,12H,2-4,7H2,1H3,(H,20,23)(H,21,22);1-4,10H,5-7H2;4H,2-3H2,1H3. The van der Waals surface area contributed by atoms with Crippen LogP contribution in [0.1, 0.15) is 80.8 Å². The first-order chi connectivity index (χ1) is 17.7. The Morgan fingerprint density at radius 3 is 2.43 bits per heavy atom. The molecule has 2 aromatic carbocycles. The molecule has 0 radical (unpaired) electrons. The number of amides is 1. The van der Waals surface area contributed by atoms with Gasteiger partial charge in [-0.3, -0.25) is 4.79 Å². The molecule has 200 valence electrons. The number of nitrogens with one attached hydrogen (secondary N) is 3. The second-order valence-corrected chi connectivity index (χ2v) is 10.5. The normalized spacial score (nSPS) is 21.1. The number of H-pyrrole nitrogens is 1. The average molecular weight is 515 g/mol. The minimum absolute atomic E-state index is 0.0601. The number of hydrogen-bond acceptors (Lipinski definition) is 3. The fourth-order valence-corrected chi connectivity index (χ4v) is 4.84. The number of aromatic nitrogens is 2. The van der Waals surface area contributed by atoms with Gasteiger partial charge < -0.3 is 15.6 Å². The Balaban J connectivity index is 0.000000185. The van der Waals surface area contributed by atoms with E-state index < -0.39 is 11.7 Å². The Hall–Kier alpha value is -2.87. The van der Waals surface area contributed by atoms with Crippen molar-refractivity contribution in [2.45, 2.75) is 83.5 Å². The van der Waals surface area contributed by atoms with Gasteiger partial charge in [-0.15, -0.1) is 0 Å². The largest absolute Gasteiger partial charge is 0.416 e. The van der Waals surface area contributed by atoms with E-state index in [9.17, 15) is 18.0 Å². The molecular weight excluding hydrogens is 477 g/mol. The summed E-state index contributed by atoms with van der Waals surface area (Å²) in [6.07, 6.45) is 3.36. The molecule has 3 N–H and O–H groups in total. The zero-order valence-electron chi connectivity index (χ0n) is 21.6. The smallest absolute Gasteiger partial charge is 0.354 e. The first kappa shape index (κ1) is 27.2. The summed E-state index contributed by atoms with van der Waals surface area (Å²) in [5.74, 6) is 1.85. The fraction of sp³-hybridized carbons (Fsp3) is 0.517. The molecule has 2 aliphatic carbocycles. The highest BCUT2D eigenvalue weighted by molar-refractivity contribution is 5.76. The quantitative estimate of drug-likeness (QED) is 0.366. The lowest BCUT2D eigenvalue weighted by atomic mass is 9.85. The van der Waals surface area contributed by atoms with E-state index in [-0.39, 0.29) is 17.9 Å². The van der Waals surface area contributed by atoms with E-state index in [1.165, 1.54) is 43.4 Å². The highest BCUT2D eigenvalue weighted by atomic mass is 19.4. The van der Waals surface area contributed by atoms with Gasteiger partial charge in [0.2, 0.25) is 5.91 Å². The number of aromatic amines is 1. The van der Waals surface area contributed by atoms with Crippen LogP contribution in [0, 0.1) is 5.92 Å². The number of halogens is 3. The maximum absolute atomic E-state index is 12.8. The third-order valence-electron chi connectivity index (χ3n) is 7.17. The molecule has 0 bridgehead atoms. The molecule has 5 nitrogen and oxygen atoms in total. The Labute approximate surface area is 216 Å². The van der Waals surface area contributed by atoms with Crippen LogP contribution >= 0.6 is 0 Å². The molecule has 37 heavy (non-hydrogen) atoms. The number of carbonyl (C=O) groups excluding carboxylic acids is 1. The molecule has 1 amide bonds. The van der Waals surface area contributed by atoms with Crippen LogP contribution in [0.4, 0.5) is 13.2 Å². The lowest BCUT2D eigenvalue weighted by molar-refractivity contribution is -0.137. The summed E-state index contributed by atoms with van der Waals surface area (Å²) in [4.78, 5) is 18.7. The van der Waals surface area contributed by atoms with Gasteiger partial charge in [0.1, 0.15) is 5.82 Å². The van der Waals surface area contributed by atoms with E-state index in [2.05, 4.69) is 51.8 Å². The third kappa shape index (κ3) is 8.06. The van der Waals surface area contributed by atoms with E-state index in [0.717, 1.165) is 56.8 Å². The van der Waals surface area contributed by atoms with Crippen molar-refractivity contribution in [3.63, 3.8) is 0 Å². The van der Waals surface area contributed by atoms with Crippen LogP contribution in [0.25, 0.3) is 11.0 Å². The second-order valence-electron chi connectivity index (χ2n) is 10.5. The monoisotopic (exact) mass is 514 g/mol. The highest BCUT2D eigenvalue weighted by Gasteiger charge is 2.31. The minimum Gasteiger partial charge on any atom is -0.354 e. The summed E-state index contributed by atoms with van der Waals surface area (Å²) in [7, 11) is 0. The summed E-state index contributed by atoms with van der Waals surface area (Å²) in [5.41, 5.74) is 3.24. The molecule has 2 heterocycles. The van der Waals surface area contributed by atoms with Crippen molar-refractivity contribution in [2.75, 3.05) is 6.54 Å². The molecule has 2 saturated carbocycles. The van der Waals surface area contributed by atoms with Crippen LogP contribution in [0.2, 0.25) is 0 Å². The highest BCUT2D eigenvalue weighted by Crippen LogP contribution is 2.34. The van der Waals surface area contributed by atoms with Crippen LogP contribution in [-0.4, -0.2) is 28.5 Å². The molecule has 2 unspecified atom stereocenters. The Morgan fingerprint density at radius 1 is 1.05 bits per heavy atom. The number of alkyl halides is 3. The van der Waals surface area contributed by atoms with Gasteiger partial charge in [0.25, 0.3) is 0 Å². The van der Waals surface area contributed by atoms with Gasteiger partial charge >= 0.3 is 6.18 Å². The molecule has 8 heteroatoms. The Bertz CT molecular complexity index is 1160. The van der Waals surface area contributed by atoms with Gasteiger partial charge in [-0.2, -0.15) is 13.2 Å². The topological polar surface area (TPSA) is 69.8 Å². The van der Waals surface area contributed by atoms with E-state index in [4.69, 9.17) is 0 Å². The van der Waals surface area contributed by atoms with E-state index in [1.807, 2.05) is 0 Å². The minimum atomic E-state index is -4.36. The summed E-state index contributed by atoms with van der Waals surface area (Å²) in [6, 6.07) is 12.3. The van der Waals surface area contributed by atoms with Gasteiger partial charge in [-0.05, 0) is 67.5 Å². The predicted octanol–water partition coefficient (Wildman–Crippen LogP) is 6.49. The van der Waals surface area contributed by atoms with Gasteiger partial charge in [0, 0.05) is 25.4 Å². The Kier molecular flexibility index (Phi) is 8.90. The first-order valence-corrected chi connectivity index (χ1v) is 13.3. The van der Waals surface area contributed by atoms with Crippen LogP contribution < -0.4 is 10.6 Å². The van der Waals surface area contributed by atoms with E-state index in [1.54, 1.807) is 0 Å². The number of imidazole rings is 1. The van der Waals surface area contributed by atoms with Crippen molar-refractivity contribution >= 4 is 16.9 Å². The number of carbonyl (C=O) groups is 1. The third-order valence-corrected chi connectivity index (χ3v) is 7.17. The second kappa shape index (κ2) is 12.1. The molecule has 1 aromatic heterocycles. The van der Waals surface area contributed by atoms with Gasteiger partial charge in [0.05, 0.1) is 16.6 Å². The number of hydrogen-bond donors (Lipinski definition) is 3. The maximum Gasteiger partial charge on any atom is 0.416 e. The summed E-state index contributed by atoms with van der Waals surface area (Å²) >= 11 is 0. The average Bonchev–Trinajstić information content (AvgIpc) is 3.53. The van der Waals surface area contributed by atoms with Crippen molar-refractivity contribution in [1.82, 2.24) is 20.6 Å². The maximum atomic E-state index is 12.8. The molecule has 0 spiro atoms. The predicted molar refractivity (Wildman–Crippen MR) is 140 cm³/mol. The number of fused-ring (bicyclic) bond motifs is 2. The van der Waals surface area contributed by atoms with Crippen LogP contribution in [0.3, 0.4) is 0 Å². The zero-order valence-corrected chi connectivity index (χ0v) is 21.6. The lowest BCUT2D eigenvalue weighted by Crippen LogP contribution is -2.36. The SMILES string of the molecule is CC(=O)NC1CCCC(c2nc3ccc(C(F)(F)F)cc3[nH]2)C1.CC1CC1.c1ccc2c(c1)CCNC2.